The van der Waals surface area contributed by atoms with E-state index in [1.165, 1.54) is 6.07 Å². The Morgan fingerprint density at radius 1 is 1.44 bits per heavy atom. The van der Waals surface area contributed by atoms with Gasteiger partial charge in [0.2, 0.25) is 0 Å². The summed E-state index contributed by atoms with van der Waals surface area (Å²) in [7, 11) is 1.90. The van der Waals surface area contributed by atoms with E-state index < -0.39 is 0 Å². The third kappa shape index (κ3) is 2.62. The maximum absolute atomic E-state index is 13.8. The topological polar surface area (TPSA) is 40.7 Å². The minimum atomic E-state index is -0.257. The molecule has 0 fully saturated rings. The Morgan fingerprint density at radius 3 is 2.94 bits per heavy atom. The van der Waals surface area contributed by atoms with Crippen LogP contribution in [-0.4, -0.2) is 23.8 Å². The molecule has 0 aliphatic carbocycles. The fourth-order valence-corrected chi connectivity index (χ4v) is 2.23. The highest BCUT2D eigenvalue weighted by Crippen LogP contribution is 2.28. The van der Waals surface area contributed by atoms with Gasteiger partial charge in [-0.1, -0.05) is 15.9 Å². The van der Waals surface area contributed by atoms with Crippen molar-refractivity contribution in [2.75, 3.05) is 13.6 Å². The highest BCUT2D eigenvalue weighted by Gasteiger charge is 2.14. The SMILES string of the molecule is CNCCc1[nH]nc(-c2cc(Br)ccc2F)c1C. The second-order valence-electron chi connectivity index (χ2n) is 4.15. The molecule has 0 aliphatic rings. The van der Waals surface area contributed by atoms with Gasteiger partial charge in [0.1, 0.15) is 5.82 Å². The average Bonchev–Trinajstić information content (AvgIpc) is 2.71. The van der Waals surface area contributed by atoms with Gasteiger partial charge in [0, 0.05) is 28.7 Å². The summed E-state index contributed by atoms with van der Waals surface area (Å²) in [6.07, 6.45) is 0.852. The van der Waals surface area contributed by atoms with Crippen LogP contribution in [0, 0.1) is 12.7 Å². The summed E-state index contributed by atoms with van der Waals surface area (Å²) in [6, 6.07) is 4.88. The standard InChI is InChI=1S/C13H15BrFN3/c1-8-12(5-6-16-2)17-18-13(8)10-7-9(14)3-4-11(10)15/h3-4,7,16H,5-6H2,1-2H3,(H,17,18). The van der Waals surface area contributed by atoms with E-state index in [0.29, 0.717) is 11.3 Å². The first kappa shape index (κ1) is 13.2. The summed E-state index contributed by atoms with van der Waals surface area (Å²) in [6.45, 7) is 2.83. The number of rotatable bonds is 4. The number of halogens is 2. The number of H-pyrrole nitrogens is 1. The summed E-state index contributed by atoms with van der Waals surface area (Å²) >= 11 is 3.35. The summed E-state index contributed by atoms with van der Waals surface area (Å²) in [4.78, 5) is 0. The van der Waals surface area contributed by atoms with E-state index in [0.717, 1.165) is 28.7 Å². The number of benzene rings is 1. The maximum Gasteiger partial charge on any atom is 0.132 e. The van der Waals surface area contributed by atoms with Gasteiger partial charge in [0.05, 0.1) is 5.69 Å². The highest BCUT2D eigenvalue weighted by atomic mass is 79.9. The number of nitrogens with zero attached hydrogens (tertiary/aromatic N) is 1. The van der Waals surface area contributed by atoms with Gasteiger partial charge >= 0.3 is 0 Å². The van der Waals surface area contributed by atoms with Crippen LogP contribution in [-0.2, 0) is 6.42 Å². The van der Waals surface area contributed by atoms with Gasteiger partial charge in [-0.3, -0.25) is 5.10 Å². The zero-order valence-corrected chi connectivity index (χ0v) is 11.9. The van der Waals surface area contributed by atoms with Crippen LogP contribution < -0.4 is 5.32 Å². The van der Waals surface area contributed by atoms with Crippen LogP contribution in [0.1, 0.15) is 11.3 Å². The van der Waals surface area contributed by atoms with Crippen LogP contribution in [0.15, 0.2) is 22.7 Å². The lowest BCUT2D eigenvalue weighted by Gasteiger charge is -2.03. The first-order chi connectivity index (χ1) is 8.63. The first-order valence-electron chi connectivity index (χ1n) is 5.77. The van der Waals surface area contributed by atoms with Crippen molar-refractivity contribution in [1.29, 1.82) is 0 Å². The van der Waals surface area contributed by atoms with Crippen molar-refractivity contribution in [3.8, 4) is 11.3 Å². The molecule has 1 aromatic carbocycles. The molecule has 18 heavy (non-hydrogen) atoms. The third-order valence-corrected chi connectivity index (χ3v) is 3.41. The zero-order valence-electron chi connectivity index (χ0n) is 10.3. The molecule has 96 valence electrons. The Hall–Kier alpha value is -1.20. The Balaban J connectivity index is 2.39. The second kappa shape index (κ2) is 5.63. The summed E-state index contributed by atoms with van der Waals surface area (Å²) < 4.78 is 14.7. The van der Waals surface area contributed by atoms with Gasteiger partial charge in [-0.25, -0.2) is 4.39 Å². The monoisotopic (exact) mass is 311 g/mol. The van der Waals surface area contributed by atoms with Crippen molar-refractivity contribution in [3.05, 3.63) is 39.7 Å². The average molecular weight is 312 g/mol. The molecule has 1 heterocycles. The van der Waals surface area contributed by atoms with Crippen LogP contribution in [0.5, 0.6) is 0 Å². The molecular weight excluding hydrogens is 297 g/mol. The van der Waals surface area contributed by atoms with Crippen molar-refractivity contribution < 1.29 is 4.39 Å². The van der Waals surface area contributed by atoms with Gasteiger partial charge in [-0.15, -0.1) is 0 Å². The van der Waals surface area contributed by atoms with Gasteiger partial charge in [0.15, 0.2) is 0 Å². The van der Waals surface area contributed by atoms with E-state index in [4.69, 9.17) is 0 Å². The van der Waals surface area contributed by atoms with Gasteiger partial charge < -0.3 is 5.32 Å². The lowest BCUT2D eigenvalue weighted by molar-refractivity contribution is 0.630. The molecule has 3 nitrogen and oxygen atoms in total. The number of likely N-dealkylation sites (N-methyl/N-ethyl adjacent to an activating group) is 1. The number of aromatic amines is 1. The molecule has 0 atom stereocenters. The Morgan fingerprint density at radius 2 is 2.22 bits per heavy atom. The molecule has 0 saturated heterocycles. The van der Waals surface area contributed by atoms with Crippen LogP contribution in [0.25, 0.3) is 11.3 Å². The van der Waals surface area contributed by atoms with Crippen LogP contribution in [0.4, 0.5) is 4.39 Å². The smallest absolute Gasteiger partial charge is 0.132 e. The first-order valence-corrected chi connectivity index (χ1v) is 6.56. The molecular formula is C13H15BrFN3. The van der Waals surface area contributed by atoms with E-state index >= 15 is 0 Å². The summed E-state index contributed by atoms with van der Waals surface area (Å²) in [5, 5.41) is 10.3. The van der Waals surface area contributed by atoms with Crippen LogP contribution >= 0.6 is 15.9 Å². The summed E-state index contributed by atoms with van der Waals surface area (Å²) in [5.41, 5.74) is 3.25. The van der Waals surface area contributed by atoms with Crippen molar-refractivity contribution in [2.45, 2.75) is 13.3 Å². The van der Waals surface area contributed by atoms with Gasteiger partial charge in [-0.05, 0) is 37.7 Å². The number of hydrogen-bond acceptors (Lipinski definition) is 2. The highest BCUT2D eigenvalue weighted by molar-refractivity contribution is 9.10. The molecule has 0 spiro atoms. The van der Waals surface area contributed by atoms with Crippen molar-refractivity contribution >= 4 is 15.9 Å². The lowest BCUT2D eigenvalue weighted by Crippen LogP contribution is -2.11. The molecule has 0 bridgehead atoms. The lowest BCUT2D eigenvalue weighted by atomic mass is 10.1. The summed E-state index contributed by atoms with van der Waals surface area (Å²) in [5.74, 6) is -0.257. The minimum absolute atomic E-state index is 0.257. The molecule has 2 aromatic rings. The normalized spacial score (nSPS) is 10.9. The third-order valence-electron chi connectivity index (χ3n) is 2.92. The molecule has 0 saturated carbocycles. The molecule has 1 aromatic heterocycles. The molecule has 2 N–H and O–H groups in total. The number of aromatic nitrogens is 2. The molecule has 0 unspecified atom stereocenters. The second-order valence-corrected chi connectivity index (χ2v) is 5.07. The van der Waals surface area contributed by atoms with Crippen molar-refractivity contribution in [3.63, 3.8) is 0 Å². The Labute approximate surface area is 114 Å². The Kier molecular flexibility index (Phi) is 4.14. The molecule has 0 aliphatic heterocycles. The predicted molar refractivity (Wildman–Crippen MR) is 74.0 cm³/mol. The van der Waals surface area contributed by atoms with Crippen LogP contribution in [0.3, 0.4) is 0 Å². The van der Waals surface area contributed by atoms with E-state index in [9.17, 15) is 4.39 Å². The van der Waals surface area contributed by atoms with Gasteiger partial charge in [0.25, 0.3) is 0 Å². The van der Waals surface area contributed by atoms with Crippen molar-refractivity contribution in [1.82, 2.24) is 15.5 Å². The molecule has 5 heteroatoms. The minimum Gasteiger partial charge on any atom is -0.319 e. The number of nitrogens with one attached hydrogen (secondary N) is 2. The predicted octanol–water partition coefficient (Wildman–Crippen LogP) is 3.05. The number of hydrogen-bond donors (Lipinski definition) is 2. The molecule has 0 amide bonds. The van der Waals surface area contributed by atoms with Crippen LogP contribution in [0.2, 0.25) is 0 Å². The van der Waals surface area contributed by atoms with E-state index in [2.05, 4.69) is 31.4 Å². The maximum atomic E-state index is 13.8. The Bertz CT molecular complexity index is 551. The fourth-order valence-electron chi connectivity index (χ4n) is 1.87. The fraction of sp³-hybridized carbons (Fsp3) is 0.308. The quantitative estimate of drug-likeness (QED) is 0.911. The van der Waals surface area contributed by atoms with E-state index in [1.807, 2.05) is 14.0 Å². The van der Waals surface area contributed by atoms with Gasteiger partial charge in [-0.2, -0.15) is 5.10 Å². The molecule has 2 rings (SSSR count). The van der Waals surface area contributed by atoms with E-state index in [-0.39, 0.29) is 5.82 Å². The van der Waals surface area contributed by atoms with E-state index in [1.54, 1.807) is 12.1 Å². The molecule has 0 radical (unpaired) electrons. The zero-order chi connectivity index (χ0) is 13.1. The largest absolute Gasteiger partial charge is 0.319 e. The van der Waals surface area contributed by atoms with Crippen molar-refractivity contribution in [2.24, 2.45) is 0 Å².